The number of amides is 1. The number of unbranched alkanes of at least 4 members (excludes halogenated alkanes) is 2. The standard InChI is InChI=1S/C26H31NO4/c1-6-7-10-13-27-23(19-12-9-8-11-16(19)2)22(25(29)26(27)30)24(28)20-14-18(4)21(31-5)15-17(20)3/h8-9,11-12,14-15,23,28H,6-7,10,13H2,1-5H3/b24-22+. The number of rotatable bonds is 7. The molecule has 1 saturated heterocycles. The monoisotopic (exact) mass is 421 g/mol. The van der Waals surface area contributed by atoms with E-state index in [1.165, 1.54) is 0 Å². The predicted octanol–water partition coefficient (Wildman–Crippen LogP) is 5.23. The quantitative estimate of drug-likeness (QED) is 0.288. The molecule has 1 unspecified atom stereocenters. The molecule has 5 nitrogen and oxygen atoms in total. The van der Waals surface area contributed by atoms with Gasteiger partial charge >= 0.3 is 0 Å². The molecule has 0 aliphatic carbocycles. The van der Waals surface area contributed by atoms with Crippen LogP contribution in [-0.4, -0.2) is 35.4 Å². The largest absolute Gasteiger partial charge is 0.507 e. The highest BCUT2D eigenvalue weighted by Crippen LogP contribution is 2.41. The van der Waals surface area contributed by atoms with Crippen LogP contribution < -0.4 is 4.74 Å². The molecule has 1 amide bonds. The van der Waals surface area contributed by atoms with Gasteiger partial charge < -0.3 is 14.7 Å². The van der Waals surface area contributed by atoms with Gasteiger partial charge in [-0.15, -0.1) is 0 Å². The average molecular weight is 422 g/mol. The topological polar surface area (TPSA) is 66.8 Å². The summed E-state index contributed by atoms with van der Waals surface area (Å²) in [5.41, 5.74) is 4.16. The van der Waals surface area contributed by atoms with E-state index in [4.69, 9.17) is 4.74 Å². The van der Waals surface area contributed by atoms with Gasteiger partial charge in [0.25, 0.3) is 11.7 Å². The van der Waals surface area contributed by atoms with Gasteiger partial charge in [-0.1, -0.05) is 44.0 Å². The summed E-state index contributed by atoms with van der Waals surface area (Å²) in [6, 6.07) is 10.8. The fourth-order valence-corrected chi connectivity index (χ4v) is 4.27. The van der Waals surface area contributed by atoms with Crippen molar-refractivity contribution >= 4 is 17.4 Å². The second-order valence-electron chi connectivity index (χ2n) is 8.19. The van der Waals surface area contributed by atoms with Crippen LogP contribution in [0.5, 0.6) is 5.75 Å². The summed E-state index contributed by atoms with van der Waals surface area (Å²) in [5.74, 6) is -0.596. The number of likely N-dealkylation sites (tertiary alicyclic amines) is 1. The Hall–Kier alpha value is -3.08. The lowest BCUT2D eigenvalue weighted by atomic mass is 9.91. The van der Waals surface area contributed by atoms with Gasteiger partial charge in [-0.25, -0.2) is 0 Å². The van der Waals surface area contributed by atoms with Gasteiger partial charge in [0.05, 0.1) is 18.7 Å². The lowest BCUT2D eigenvalue weighted by Gasteiger charge is -2.26. The molecule has 1 fully saturated rings. The number of Topliss-reactive ketones (excluding diaryl/α,β-unsaturated/α-hetero) is 1. The lowest BCUT2D eigenvalue weighted by Crippen LogP contribution is -2.31. The van der Waals surface area contributed by atoms with E-state index in [0.717, 1.165) is 41.5 Å². The first-order chi connectivity index (χ1) is 14.8. The minimum absolute atomic E-state index is 0.132. The summed E-state index contributed by atoms with van der Waals surface area (Å²) in [5, 5.41) is 11.3. The van der Waals surface area contributed by atoms with E-state index in [-0.39, 0.29) is 11.3 Å². The predicted molar refractivity (Wildman–Crippen MR) is 122 cm³/mol. The Bertz CT molecular complexity index is 1040. The molecule has 1 heterocycles. The summed E-state index contributed by atoms with van der Waals surface area (Å²) >= 11 is 0. The van der Waals surface area contributed by atoms with Crippen LogP contribution in [0, 0.1) is 20.8 Å². The number of nitrogens with zero attached hydrogens (tertiary/aromatic N) is 1. The summed E-state index contributed by atoms with van der Waals surface area (Å²) < 4.78 is 5.38. The third-order valence-corrected chi connectivity index (χ3v) is 6.02. The molecule has 31 heavy (non-hydrogen) atoms. The molecule has 1 N–H and O–H groups in total. The highest BCUT2D eigenvalue weighted by atomic mass is 16.5. The Kier molecular flexibility index (Phi) is 6.84. The van der Waals surface area contributed by atoms with E-state index >= 15 is 0 Å². The molecule has 164 valence electrons. The molecule has 2 aromatic carbocycles. The maximum absolute atomic E-state index is 13.1. The molecule has 1 aliphatic heterocycles. The Labute approximate surface area is 184 Å². The van der Waals surface area contributed by atoms with Gasteiger partial charge in [-0.3, -0.25) is 9.59 Å². The molecule has 1 aliphatic rings. The number of ether oxygens (including phenoxy) is 1. The first kappa shape index (κ1) is 22.6. The van der Waals surface area contributed by atoms with Crippen LogP contribution in [0.4, 0.5) is 0 Å². The second kappa shape index (κ2) is 9.38. The summed E-state index contributed by atoms with van der Waals surface area (Å²) in [4.78, 5) is 27.8. The van der Waals surface area contributed by atoms with Gasteiger partial charge in [0.2, 0.25) is 0 Å². The normalized spacial score (nSPS) is 18.0. The number of aliphatic hydroxyl groups is 1. The highest BCUT2D eigenvalue weighted by Gasteiger charge is 2.46. The van der Waals surface area contributed by atoms with E-state index < -0.39 is 17.7 Å². The van der Waals surface area contributed by atoms with E-state index in [1.54, 1.807) is 12.0 Å². The van der Waals surface area contributed by atoms with E-state index in [9.17, 15) is 14.7 Å². The van der Waals surface area contributed by atoms with Crippen LogP contribution in [-0.2, 0) is 9.59 Å². The minimum atomic E-state index is -0.630. The van der Waals surface area contributed by atoms with Crippen molar-refractivity contribution in [2.45, 2.75) is 53.0 Å². The SMILES string of the molecule is CCCCCN1C(=O)C(=O)/C(=C(/O)c2cc(C)c(OC)cc2C)C1c1ccccc1C. The summed E-state index contributed by atoms with van der Waals surface area (Å²) in [7, 11) is 1.60. The number of aliphatic hydroxyl groups excluding tert-OH is 1. The number of hydrogen-bond donors (Lipinski definition) is 1. The van der Waals surface area contributed by atoms with Crippen molar-refractivity contribution in [3.63, 3.8) is 0 Å². The first-order valence-corrected chi connectivity index (χ1v) is 10.8. The average Bonchev–Trinajstić information content (AvgIpc) is 3.00. The zero-order valence-electron chi connectivity index (χ0n) is 19.0. The highest BCUT2D eigenvalue weighted by molar-refractivity contribution is 6.46. The van der Waals surface area contributed by atoms with Crippen molar-refractivity contribution in [2.24, 2.45) is 0 Å². The van der Waals surface area contributed by atoms with Crippen LogP contribution in [0.15, 0.2) is 42.0 Å². The fourth-order valence-electron chi connectivity index (χ4n) is 4.27. The van der Waals surface area contributed by atoms with Crippen molar-refractivity contribution in [1.29, 1.82) is 0 Å². The molecule has 0 spiro atoms. The smallest absolute Gasteiger partial charge is 0.295 e. The maximum Gasteiger partial charge on any atom is 0.295 e. The lowest BCUT2D eigenvalue weighted by molar-refractivity contribution is -0.139. The van der Waals surface area contributed by atoms with Gasteiger partial charge in [0.1, 0.15) is 11.5 Å². The fraction of sp³-hybridized carbons (Fsp3) is 0.385. The first-order valence-electron chi connectivity index (χ1n) is 10.8. The number of aryl methyl sites for hydroxylation is 3. The summed E-state index contributed by atoms with van der Waals surface area (Å²) in [6.45, 7) is 8.29. The number of methoxy groups -OCH3 is 1. The van der Waals surface area contributed by atoms with Crippen molar-refractivity contribution < 1.29 is 19.4 Å². The molecule has 5 heteroatoms. The molecule has 1 atom stereocenters. The van der Waals surface area contributed by atoms with Crippen molar-refractivity contribution in [3.8, 4) is 5.75 Å². The maximum atomic E-state index is 13.1. The summed E-state index contributed by atoms with van der Waals surface area (Å²) in [6.07, 6.45) is 2.80. The van der Waals surface area contributed by atoms with Gasteiger partial charge in [-0.05, 0) is 61.6 Å². The second-order valence-corrected chi connectivity index (χ2v) is 8.19. The van der Waals surface area contributed by atoms with Crippen molar-refractivity contribution in [1.82, 2.24) is 4.90 Å². The zero-order chi connectivity index (χ0) is 22.7. The Morgan fingerprint density at radius 2 is 1.74 bits per heavy atom. The van der Waals surface area contributed by atoms with Gasteiger partial charge in [0.15, 0.2) is 0 Å². The van der Waals surface area contributed by atoms with Crippen LogP contribution >= 0.6 is 0 Å². The number of carbonyl (C=O) groups is 2. The Balaban J connectivity index is 2.20. The molecule has 0 aromatic heterocycles. The molecular formula is C26H31NO4. The Morgan fingerprint density at radius 3 is 2.39 bits per heavy atom. The van der Waals surface area contributed by atoms with Crippen molar-refractivity contribution in [3.05, 3.63) is 69.8 Å². The third kappa shape index (κ3) is 4.22. The van der Waals surface area contributed by atoms with Crippen LogP contribution in [0.3, 0.4) is 0 Å². The molecule has 0 saturated carbocycles. The molecule has 0 bridgehead atoms. The van der Waals surface area contributed by atoms with E-state index in [1.807, 2.05) is 57.2 Å². The van der Waals surface area contributed by atoms with Gasteiger partial charge in [0, 0.05) is 12.1 Å². The molecule has 2 aromatic rings. The zero-order valence-corrected chi connectivity index (χ0v) is 19.0. The number of benzene rings is 2. The number of hydrogen-bond acceptors (Lipinski definition) is 4. The van der Waals surface area contributed by atoms with Gasteiger partial charge in [-0.2, -0.15) is 0 Å². The van der Waals surface area contributed by atoms with Crippen LogP contribution in [0.25, 0.3) is 5.76 Å². The molecule has 0 radical (unpaired) electrons. The third-order valence-electron chi connectivity index (χ3n) is 6.02. The van der Waals surface area contributed by atoms with Crippen LogP contribution in [0.1, 0.15) is 60.0 Å². The molecular weight excluding hydrogens is 390 g/mol. The van der Waals surface area contributed by atoms with E-state index in [2.05, 4.69) is 6.92 Å². The van der Waals surface area contributed by atoms with Crippen LogP contribution in [0.2, 0.25) is 0 Å². The van der Waals surface area contributed by atoms with E-state index in [0.29, 0.717) is 17.9 Å². The molecule has 3 rings (SSSR count). The van der Waals surface area contributed by atoms with Crippen molar-refractivity contribution in [2.75, 3.05) is 13.7 Å². The Morgan fingerprint density at radius 1 is 1.03 bits per heavy atom. The number of carbonyl (C=O) groups excluding carboxylic acids is 2. The minimum Gasteiger partial charge on any atom is -0.507 e. The number of ketones is 1.